The molecule has 0 saturated carbocycles. The van der Waals surface area contributed by atoms with Gasteiger partial charge in [0.05, 0.1) is 19.4 Å². The Morgan fingerprint density at radius 1 is 1.26 bits per heavy atom. The number of methoxy groups -OCH3 is 1. The molecule has 140 valence electrons. The van der Waals surface area contributed by atoms with Crippen LogP contribution in [0.2, 0.25) is 0 Å². The third-order valence-corrected chi connectivity index (χ3v) is 5.99. The molecular formula is C19H18ClN3O3S. The molecule has 0 radical (unpaired) electrons. The summed E-state index contributed by atoms with van der Waals surface area (Å²) in [6.07, 6.45) is 9.90. The lowest BCUT2D eigenvalue weighted by Crippen LogP contribution is -2.49. The molecule has 1 aromatic rings. The minimum Gasteiger partial charge on any atom is -0.497 e. The summed E-state index contributed by atoms with van der Waals surface area (Å²) >= 11 is 6.43. The van der Waals surface area contributed by atoms with Gasteiger partial charge in [0.1, 0.15) is 11.3 Å². The van der Waals surface area contributed by atoms with Gasteiger partial charge < -0.3 is 9.75 Å². The average molecular weight is 404 g/mol. The SMILES string of the molecule is COc1ccc(CN2C=C3C(Cl)=CC=C4N=C(S(C)(=O)=O)C=CC43N2)cc1. The van der Waals surface area contributed by atoms with Crippen molar-refractivity contribution in [1.29, 1.82) is 0 Å². The first-order valence-electron chi connectivity index (χ1n) is 8.28. The van der Waals surface area contributed by atoms with Crippen LogP contribution in [-0.2, 0) is 16.4 Å². The molecular weight excluding hydrogens is 386 g/mol. The molecule has 27 heavy (non-hydrogen) atoms. The average Bonchev–Trinajstić information content (AvgIpc) is 3.00. The van der Waals surface area contributed by atoms with Crippen molar-refractivity contribution in [1.82, 2.24) is 10.4 Å². The Morgan fingerprint density at radius 3 is 2.67 bits per heavy atom. The first kappa shape index (κ1) is 18.0. The molecule has 0 saturated heterocycles. The van der Waals surface area contributed by atoms with E-state index in [-0.39, 0.29) is 5.04 Å². The summed E-state index contributed by atoms with van der Waals surface area (Å²) in [5.41, 5.74) is 5.17. The molecule has 8 heteroatoms. The van der Waals surface area contributed by atoms with Crippen molar-refractivity contribution in [3.05, 3.63) is 76.6 Å². The fraction of sp³-hybridized carbons (Fsp3) is 0.211. The lowest BCUT2D eigenvalue weighted by atomic mass is 9.83. The Kier molecular flexibility index (Phi) is 4.25. The lowest BCUT2D eigenvalue weighted by molar-refractivity contribution is 0.248. The van der Waals surface area contributed by atoms with Crippen LogP contribution in [0.3, 0.4) is 0 Å². The molecule has 1 aliphatic carbocycles. The molecule has 1 N–H and O–H groups in total. The maximum atomic E-state index is 11.9. The summed E-state index contributed by atoms with van der Waals surface area (Å²) in [4.78, 5) is 4.36. The van der Waals surface area contributed by atoms with Gasteiger partial charge in [-0.25, -0.2) is 18.8 Å². The Morgan fingerprint density at radius 2 is 2.00 bits per heavy atom. The number of benzene rings is 1. The van der Waals surface area contributed by atoms with Gasteiger partial charge in [0.25, 0.3) is 0 Å². The van der Waals surface area contributed by atoms with Gasteiger partial charge in [0.15, 0.2) is 14.9 Å². The number of hydrazine groups is 1. The van der Waals surface area contributed by atoms with Gasteiger partial charge in [0, 0.05) is 23.1 Å². The molecule has 6 nitrogen and oxygen atoms in total. The van der Waals surface area contributed by atoms with Gasteiger partial charge in [-0.3, -0.25) is 0 Å². The largest absolute Gasteiger partial charge is 0.497 e. The minimum absolute atomic E-state index is 0.0422. The molecule has 0 bridgehead atoms. The predicted octanol–water partition coefficient (Wildman–Crippen LogP) is 2.67. The fourth-order valence-electron chi connectivity index (χ4n) is 3.30. The molecule has 0 fully saturated rings. The number of sulfone groups is 1. The number of ether oxygens (including phenoxy) is 1. The van der Waals surface area contributed by atoms with Crippen molar-refractivity contribution >= 4 is 26.5 Å². The number of halogens is 1. The zero-order valence-electron chi connectivity index (χ0n) is 14.8. The Hall–Kier alpha value is -2.35. The van der Waals surface area contributed by atoms with Crippen molar-refractivity contribution in [2.75, 3.05) is 13.4 Å². The van der Waals surface area contributed by atoms with Crippen LogP contribution in [0, 0.1) is 0 Å². The predicted molar refractivity (Wildman–Crippen MR) is 106 cm³/mol. The van der Waals surface area contributed by atoms with Gasteiger partial charge in [-0.2, -0.15) is 0 Å². The number of rotatable bonds is 3. The molecule has 2 aliphatic heterocycles. The van der Waals surface area contributed by atoms with E-state index in [0.717, 1.165) is 23.1 Å². The summed E-state index contributed by atoms with van der Waals surface area (Å²) in [5, 5.41) is 2.56. The maximum Gasteiger partial charge on any atom is 0.192 e. The highest BCUT2D eigenvalue weighted by molar-refractivity contribution is 8.06. The van der Waals surface area contributed by atoms with Gasteiger partial charge in [0.2, 0.25) is 0 Å². The van der Waals surface area contributed by atoms with E-state index < -0.39 is 15.4 Å². The monoisotopic (exact) mass is 403 g/mol. The van der Waals surface area contributed by atoms with E-state index in [4.69, 9.17) is 16.3 Å². The summed E-state index contributed by atoms with van der Waals surface area (Å²) in [6.45, 7) is 0.600. The number of hydrogen-bond donors (Lipinski definition) is 1. The molecule has 1 spiro atoms. The quantitative estimate of drug-likeness (QED) is 0.840. The van der Waals surface area contributed by atoms with Crippen molar-refractivity contribution in [3.63, 3.8) is 0 Å². The van der Waals surface area contributed by atoms with E-state index in [1.165, 1.54) is 6.08 Å². The molecule has 4 rings (SSSR count). The smallest absolute Gasteiger partial charge is 0.192 e. The summed E-state index contributed by atoms with van der Waals surface area (Å²) in [7, 11) is -1.76. The number of dihydropyridines is 1. The van der Waals surface area contributed by atoms with Gasteiger partial charge >= 0.3 is 0 Å². The van der Waals surface area contributed by atoms with Crippen LogP contribution in [0.25, 0.3) is 0 Å². The third kappa shape index (κ3) is 3.12. The zero-order valence-corrected chi connectivity index (χ0v) is 16.4. The van der Waals surface area contributed by atoms with Crippen LogP contribution < -0.4 is 10.2 Å². The second-order valence-electron chi connectivity index (χ2n) is 6.56. The van der Waals surface area contributed by atoms with Crippen molar-refractivity contribution in [2.45, 2.75) is 12.1 Å². The molecule has 1 unspecified atom stereocenters. The Balaban J connectivity index is 1.65. The molecule has 1 aromatic carbocycles. The highest BCUT2D eigenvalue weighted by Crippen LogP contribution is 2.44. The number of nitrogens with zero attached hydrogens (tertiary/aromatic N) is 2. The number of aliphatic imine (C=N–C) groups is 1. The maximum absolute atomic E-state index is 11.9. The van der Waals surface area contributed by atoms with Gasteiger partial charge in [-0.05, 0) is 42.0 Å². The van der Waals surface area contributed by atoms with E-state index in [2.05, 4.69) is 10.4 Å². The van der Waals surface area contributed by atoms with E-state index in [0.29, 0.717) is 17.3 Å². The standard InChI is InChI=1S/C19H18ClN3O3S/c1-26-14-5-3-13(4-6-14)11-23-12-15-16(20)7-8-17-19(15,22-23)10-9-18(21-17)27(2,24)25/h3-10,12,22H,11H2,1-2H3. The van der Waals surface area contributed by atoms with Crippen LogP contribution in [-0.4, -0.2) is 37.4 Å². The van der Waals surface area contributed by atoms with E-state index in [9.17, 15) is 8.42 Å². The number of nitrogens with one attached hydrogen (secondary N) is 1. The molecule has 0 aromatic heterocycles. The fourth-order valence-corrected chi connectivity index (χ4v) is 4.14. The lowest BCUT2D eigenvalue weighted by Gasteiger charge is -2.35. The third-order valence-electron chi connectivity index (χ3n) is 4.68. The molecule has 3 aliphatic rings. The van der Waals surface area contributed by atoms with Crippen LogP contribution in [0.5, 0.6) is 5.75 Å². The topological polar surface area (TPSA) is 71.0 Å². The Labute approximate surface area is 163 Å². The first-order chi connectivity index (χ1) is 12.8. The number of hydrogen-bond acceptors (Lipinski definition) is 6. The Bertz CT molecular complexity index is 1050. The number of allylic oxidation sites excluding steroid dienone is 2. The second kappa shape index (κ2) is 6.37. The summed E-state index contributed by atoms with van der Waals surface area (Å²) in [5.74, 6) is 0.799. The zero-order chi connectivity index (χ0) is 19.2. The van der Waals surface area contributed by atoms with Gasteiger partial charge in [-0.15, -0.1) is 0 Å². The first-order valence-corrected chi connectivity index (χ1v) is 10.5. The van der Waals surface area contributed by atoms with E-state index >= 15 is 0 Å². The van der Waals surface area contributed by atoms with Crippen LogP contribution in [0.15, 0.2) is 76.1 Å². The van der Waals surface area contributed by atoms with Crippen LogP contribution >= 0.6 is 11.6 Å². The van der Waals surface area contributed by atoms with Gasteiger partial charge in [-0.1, -0.05) is 23.7 Å². The minimum atomic E-state index is -3.39. The summed E-state index contributed by atoms with van der Waals surface area (Å²) in [6, 6.07) is 7.80. The van der Waals surface area contributed by atoms with Crippen LogP contribution in [0.1, 0.15) is 5.56 Å². The van der Waals surface area contributed by atoms with Crippen molar-refractivity contribution in [3.8, 4) is 5.75 Å². The normalized spacial score (nSPS) is 23.7. The molecule has 2 heterocycles. The molecule has 0 amide bonds. The molecule has 1 atom stereocenters. The highest BCUT2D eigenvalue weighted by Gasteiger charge is 2.46. The van der Waals surface area contributed by atoms with Crippen molar-refractivity contribution < 1.29 is 13.2 Å². The highest BCUT2D eigenvalue weighted by atomic mass is 35.5. The van der Waals surface area contributed by atoms with Crippen molar-refractivity contribution in [2.24, 2.45) is 4.99 Å². The van der Waals surface area contributed by atoms with E-state index in [1.807, 2.05) is 35.5 Å². The summed E-state index contributed by atoms with van der Waals surface area (Å²) < 4.78 is 28.9. The van der Waals surface area contributed by atoms with Crippen LogP contribution in [0.4, 0.5) is 0 Å². The second-order valence-corrected chi connectivity index (χ2v) is 8.93. The van der Waals surface area contributed by atoms with E-state index in [1.54, 1.807) is 25.3 Å².